The summed E-state index contributed by atoms with van der Waals surface area (Å²) in [6.45, 7) is 14.1. The molecule has 3 unspecified atom stereocenters. The molecule has 1 fully saturated rings. The van der Waals surface area contributed by atoms with Crippen LogP contribution in [0, 0.1) is 5.92 Å². The molecule has 90 valence electrons. The van der Waals surface area contributed by atoms with E-state index in [0.29, 0.717) is 6.04 Å². The van der Waals surface area contributed by atoms with E-state index in [0.717, 1.165) is 18.0 Å². The van der Waals surface area contributed by atoms with E-state index in [4.69, 9.17) is 0 Å². The fourth-order valence-corrected chi connectivity index (χ4v) is 2.41. The molecule has 0 radical (unpaired) electrons. The highest BCUT2D eigenvalue weighted by Crippen LogP contribution is 2.17. The summed E-state index contributed by atoms with van der Waals surface area (Å²) in [7, 11) is 0. The Kier molecular flexibility index (Phi) is 5.07. The number of nitrogens with one attached hydrogen (secondary N) is 1. The number of nitrogens with zero attached hydrogens (tertiary/aromatic N) is 1. The van der Waals surface area contributed by atoms with Crippen molar-refractivity contribution < 1.29 is 0 Å². The van der Waals surface area contributed by atoms with Gasteiger partial charge in [-0.3, -0.25) is 4.90 Å². The predicted octanol–water partition coefficient (Wildman–Crippen LogP) is 2.49. The molecule has 0 bridgehead atoms. The maximum atomic E-state index is 3.68. The molecule has 0 spiro atoms. The number of rotatable bonds is 3. The predicted molar refractivity (Wildman–Crippen MR) is 67.2 cm³/mol. The average molecular weight is 212 g/mol. The van der Waals surface area contributed by atoms with Gasteiger partial charge in [0.2, 0.25) is 0 Å². The highest BCUT2D eigenvalue weighted by Gasteiger charge is 2.26. The van der Waals surface area contributed by atoms with E-state index in [1.807, 2.05) is 0 Å². The third kappa shape index (κ3) is 3.46. The Labute approximate surface area is 95.4 Å². The lowest BCUT2D eigenvalue weighted by atomic mass is 10.0. The van der Waals surface area contributed by atoms with Crippen molar-refractivity contribution in [3.63, 3.8) is 0 Å². The van der Waals surface area contributed by atoms with Crippen LogP contribution in [0.4, 0.5) is 0 Å². The van der Waals surface area contributed by atoms with Crippen LogP contribution in [0.1, 0.15) is 47.5 Å². The van der Waals surface area contributed by atoms with Crippen LogP contribution in [0.25, 0.3) is 0 Å². The number of hydrogen-bond donors (Lipinski definition) is 1. The third-order valence-electron chi connectivity index (χ3n) is 3.90. The Bertz CT molecular complexity index is 179. The molecule has 1 rings (SSSR count). The van der Waals surface area contributed by atoms with Gasteiger partial charge in [-0.1, -0.05) is 20.8 Å². The van der Waals surface area contributed by atoms with E-state index in [1.165, 1.54) is 25.9 Å². The first-order valence-electron chi connectivity index (χ1n) is 6.55. The highest BCUT2D eigenvalue weighted by molar-refractivity contribution is 4.84. The Morgan fingerprint density at radius 1 is 1.33 bits per heavy atom. The Hall–Kier alpha value is -0.0800. The highest BCUT2D eigenvalue weighted by atomic mass is 15.2. The van der Waals surface area contributed by atoms with Crippen LogP contribution in [0.5, 0.6) is 0 Å². The molecule has 1 aliphatic rings. The lowest BCUT2D eigenvalue weighted by Crippen LogP contribution is -2.46. The van der Waals surface area contributed by atoms with E-state index in [2.05, 4.69) is 44.8 Å². The minimum Gasteiger partial charge on any atom is -0.312 e. The molecule has 0 aromatic rings. The first-order valence-corrected chi connectivity index (χ1v) is 6.55. The van der Waals surface area contributed by atoms with E-state index >= 15 is 0 Å². The zero-order chi connectivity index (χ0) is 11.4. The molecule has 0 amide bonds. The summed E-state index contributed by atoms with van der Waals surface area (Å²) >= 11 is 0. The molecule has 0 aromatic carbocycles. The first-order chi connectivity index (χ1) is 7.06. The zero-order valence-corrected chi connectivity index (χ0v) is 11.1. The maximum absolute atomic E-state index is 3.68. The van der Waals surface area contributed by atoms with Gasteiger partial charge in [0.05, 0.1) is 0 Å². The van der Waals surface area contributed by atoms with Gasteiger partial charge in [0.15, 0.2) is 0 Å². The van der Waals surface area contributed by atoms with Crippen LogP contribution >= 0.6 is 0 Å². The lowest BCUT2D eigenvalue weighted by Gasteiger charge is -2.35. The maximum Gasteiger partial charge on any atom is 0.0218 e. The molecular weight excluding hydrogens is 184 g/mol. The fourth-order valence-electron chi connectivity index (χ4n) is 2.41. The summed E-state index contributed by atoms with van der Waals surface area (Å²) in [6, 6.07) is 2.13. The van der Waals surface area contributed by atoms with Gasteiger partial charge in [-0.15, -0.1) is 0 Å². The van der Waals surface area contributed by atoms with Crippen LogP contribution in [-0.2, 0) is 0 Å². The van der Waals surface area contributed by atoms with E-state index in [-0.39, 0.29) is 0 Å². The SMILES string of the molecule is CCC(C)N1CC(C(C)C)NCCC1C. The van der Waals surface area contributed by atoms with Crippen LogP contribution in [0.3, 0.4) is 0 Å². The topological polar surface area (TPSA) is 15.3 Å². The molecule has 1 aliphatic heterocycles. The molecular formula is C13H28N2. The normalized spacial score (nSPS) is 31.6. The zero-order valence-electron chi connectivity index (χ0n) is 11.1. The molecule has 1 N–H and O–H groups in total. The Balaban J connectivity index is 2.64. The van der Waals surface area contributed by atoms with Gasteiger partial charge in [0, 0.05) is 24.7 Å². The van der Waals surface area contributed by atoms with E-state index in [9.17, 15) is 0 Å². The van der Waals surface area contributed by atoms with Gasteiger partial charge >= 0.3 is 0 Å². The van der Waals surface area contributed by atoms with Crippen molar-refractivity contribution in [2.45, 2.75) is 65.6 Å². The largest absolute Gasteiger partial charge is 0.312 e. The molecule has 0 saturated carbocycles. The van der Waals surface area contributed by atoms with Gasteiger partial charge in [0.1, 0.15) is 0 Å². The second-order valence-corrected chi connectivity index (χ2v) is 5.40. The quantitative estimate of drug-likeness (QED) is 0.773. The van der Waals surface area contributed by atoms with Gasteiger partial charge < -0.3 is 5.32 Å². The average Bonchev–Trinajstić information content (AvgIpc) is 2.39. The van der Waals surface area contributed by atoms with Crippen LogP contribution in [-0.4, -0.2) is 36.1 Å². The number of hydrogen-bond acceptors (Lipinski definition) is 2. The molecule has 2 heteroatoms. The van der Waals surface area contributed by atoms with Crippen molar-refractivity contribution in [2.75, 3.05) is 13.1 Å². The van der Waals surface area contributed by atoms with Crippen molar-refractivity contribution >= 4 is 0 Å². The lowest BCUT2D eigenvalue weighted by molar-refractivity contribution is 0.138. The van der Waals surface area contributed by atoms with Crippen molar-refractivity contribution in [3.05, 3.63) is 0 Å². The summed E-state index contributed by atoms with van der Waals surface area (Å²) in [5, 5.41) is 3.68. The first kappa shape index (κ1) is 13.0. The summed E-state index contributed by atoms with van der Waals surface area (Å²) in [5.41, 5.74) is 0. The molecule has 0 aromatic heterocycles. The molecule has 2 nitrogen and oxygen atoms in total. The summed E-state index contributed by atoms with van der Waals surface area (Å²) in [6.07, 6.45) is 2.54. The Morgan fingerprint density at radius 2 is 2.00 bits per heavy atom. The van der Waals surface area contributed by atoms with E-state index < -0.39 is 0 Å². The molecule has 15 heavy (non-hydrogen) atoms. The summed E-state index contributed by atoms with van der Waals surface area (Å²) < 4.78 is 0. The summed E-state index contributed by atoms with van der Waals surface area (Å²) in [5.74, 6) is 0.738. The van der Waals surface area contributed by atoms with Crippen LogP contribution in [0.2, 0.25) is 0 Å². The van der Waals surface area contributed by atoms with Crippen LogP contribution < -0.4 is 5.32 Å². The monoisotopic (exact) mass is 212 g/mol. The minimum atomic E-state index is 0.670. The van der Waals surface area contributed by atoms with Crippen LogP contribution in [0.15, 0.2) is 0 Å². The molecule has 3 atom stereocenters. The molecule has 1 heterocycles. The standard InChI is InChI=1S/C13H28N2/c1-6-11(4)15-9-13(10(2)3)14-8-7-12(15)5/h10-14H,6-9H2,1-5H3. The van der Waals surface area contributed by atoms with Crippen molar-refractivity contribution in [2.24, 2.45) is 5.92 Å². The molecule has 1 saturated heterocycles. The minimum absolute atomic E-state index is 0.670. The fraction of sp³-hybridized carbons (Fsp3) is 1.00. The smallest absolute Gasteiger partial charge is 0.0218 e. The van der Waals surface area contributed by atoms with Gasteiger partial charge in [-0.25, -0.2) is 0 Å². The Morgan fingerprint density at radius 3 is 2.53 bits per heavy atom. The van der Waals surface area contributed by atoms with Gasteiger partial charge in [0.25, 0.3) is 0 Å². The van der Waals surface area contributed by atoms with Gasteiger partial charge in [-0.2, -0.15) is 0 Å². The van der Waals surface area contributed by atoms with E-state index in [1.54, 1.807) is 0 Å². The van der Waals surface area contributed by atoms with Crippen molar-refractivity contribution in [3.8, 4) is 0 Å². The van der Waals surface area contributed by atoms with Crippen molar-refractivity contribution in [1.82, 2.24) is 10.2 Å². The van der Waals surface area contributed by atoms with Gasteiger partial charge in [-0.05, 0) is 39.2 Å². The third-order valence-corrected chi connectivity index (χ3v) is 3.90. The second kappa shape index (κ2) is 5.86. The van der Waals surface area contributed by atoms with Crippen molar-refractivity contribution in [1.29, 1.82) is 0 Å². The summed E-state index contributed by atoms with van der Waals surface area (Å²) in [4.78, 5) is 2.69. The second-order valence-electron chi connectivity index (χ2n) is 5.40. The molecule has 0 aliphatic carbocycles.